The van der Waals surface area contributed by atoms with Crippen molar-refractivity contribution in [2.75, 3.05) is 26.8 Å². The molecule has 0 N–H and O–H groups in total. The van der Waals surface area contributed by atoms with Gasteiger partial charge in [0.2, 0.25) is 0 Å². The van der Waals surface area contributed by atoms with Gasteiger partial charge in [0.05, 0.1) is 26.2 Å². The molecule has 1 aliphatic heterocycles. The van der Waals surface area contributed by atoms with Crippen LogP contribution in [0.25, 0.3) is 0 Å². The molecule has 21 heavy (non-hydrogen) atoms. The van der Waals surface area contributed by atoms with Gasteiger partial charge < -0.3 is 14.4 Å². The zero-order valence-electron chi connectivity index (χ0n) is 12.1. The highest BCUT2D eigenvalue weighted by molar-refractivity contribution is 5.95. The monoisotopic (exact) mass is 295 g/mol. The van der Waals surface area contributed by atoms with Crippen molar-refractivity contribution in [1.82, 2.24) is 4.90 Å². The molecule has 1 fully saturated rings. The minimum atomic E-state index is -0.368. The molecule has 0 spiro atoms. The van der Waals surface area contributed by atoms with Crippen molar-refractivity contribution in [2.45, 2.75) is 19.4 Å². The largest absolute Gasteiger partial charge is 0.469 e. The van der Waals surface area contributed by atoms with Gasteiger partial charge in [0.15, 0.2) is 0 Å². The Morgan fingerprint density at radius 3 is 2.90 bits per heavy atom. The Kier molecular flexibility index (Phi) is 4.90. The van der Waals surface area contributed by atoms with Crippen molar-refractivity contribution < 1.29 is 23.5 Å². The molecule has 0 bridgehead atoms. The standard InChI is InChI=1S/C15H18FNO4/c1-10-7-11(16)3-4-13(10)15(19)17-5-6-21-12(9-17)8-14(18)20-2/h3-4,7,12H,5-6,8-9H2,1-2H3. The van der Waals surface area contributed by atoms with Crippen LogP contribution >= 0.6 is 0 Å². The molecule has 1 heterocycles. The zero-order valence-corrected chi connectivity index (χ0v) is 12.1. The van der Waals surface area contributed by atoms with E-state index in [1.165, 1.54) is 25.3 Å². The first kappa shape index (κ1) is 15.4. The third-order valence-corrected chi connectivity index (χ3v) is 3.47. The van der Waals surface area contributed by atoms with Crippen LogP contribution in [0.3, 0.4) is 0 Å². The van der Waals surface area contributed by atoms with Gasteiger partial charge in [0.25, 0.3) is 5.91 Å². The van der Waals surface area contributed by atoms with E-state index >= 15 is 0 Å². The molecule has 1 saturated heterocycles. The van der Waals surface area contributed by atoms with E-state index in [1.807, 2.05) is 0 Å². The SMILES string of the molecule is COC(=O)CC1CN(C(=O)c2ccc(F)cc2C)CCO1. The second kappa shape index (κ2) is 6.67. The number of nitrogens with zero attached hydrogens (tertiary/aromatic N) is 1. The van der Waals surface area contributed by atoms with Gasteiger partial charge >= 0.3 is 5.97 Å². The Hall–Kier alpha value is -1.95. The summed E-state index contributed by atoms with van der Waals surface area (Å²) in [5.74, 6) is -0.910. The summed E-state index contributed by atoms with van der Waals surface area (Å²) in [7, 11) is 1.32. The van der Waals surface area contributed by atoms with Crippen molar-refractivity contribution >= 4 is 11.9 Å². The number of amides is 1. The van der Waals surface area contributed by atoms with Crippen LogP contribution in [0.2, 0.25) is 0 Å². The first-order valence-electron chi connectivity index (χ1n) is 6.75. The lowest BCUT2D eigenvalue weighted by atomic mass is 10.1. The fraction of sp³-hybridized carbons (Fsp3) is 0.467. The number of carbonyl (C=O) groups is 2. The van der Waals surface area contributed by atoms with Crippen molar-refractivity contribution in [2.24, 2.45) is 0 Å². The molecule has 5 nitrogen and oxygen atoms in total. The summed E-state index contributed by atoms with van der Waals surface area (Å²) < 4.78 is 23.2. The minimum absolute atomic E-state index is 0.114. The Morgan fingerprint density at radius 2 is 2.24 bits per heavy atom. The number of methoxy groups -OCH3 is 1. The van der Waals surface area contributed by atoms with Gasteiger partial charge in [-0.15, -0.1) is 0 Å². The predicted molar refractivity (Wildman–Crippen MR) is 73.4 cm³/mol. The van der Waals surface area contributed by atoms with Crippen molar-refractivity contribution in [3.05, 3.63) is 35.1 Å². The number of halogens is 1. The van der Waals surface area contributed by atoms with E-state index in [0.29, 0.717) is 30.8 Å². The minimum Gasteiger partial charge on any atom is -0.469 e. The molecule has 1 unspecified atom stereocenters. The van der Waals surface area contributed by atoms with E-state index in [-0.39, 0.29) is 30.2 Å². The fourth-order valence-electron chi connectivity index (χ4n) is 2.33. The van der Waals surface area contributed by atoms with Crippen molar-refractivity contribution in [3.63, 3.8) is 0 Å². The van der Waals surface area contributed by atoms with Crippen LogP contribution < -0.4 is 0 Å². The molecule has 1 amide bonds. The molecule has 2 rings (SSSR count). The van der Waals surface area contributed by atoms with Crippen LogP contribution in [0.5, 0.6) is 0 Å². The zero-order chi connectivity index (χ0) is 15.4. The van der Waals surface area contributed by atoms with Crippen LogP contribution in [0.1, 0.15) is 22.3 Å². The molecule has 114 valence electrons. The summed E-state index contributed by atoms with van der Waals surface area (Å²) in [4.78, 5) is 25.4. The van der Waals surface area contributed by atoms with E-state index in [2.05, 4.69) is 4.74 Å². The highest BCUT2D eigenvalue weighted by atomic mass is 19.1. The second-order valence-electron chi connectivity index (χ2n) is 4.98. The normalized spacial score (nSPS) is 18.4. The third kappa shape index (κ3) is 3.78. The first-order chi connectivity index (χ1) is 10.0. The van der Waals surface area contributed by atoms with Gasteiger partial charge in [0.1, 0.15) is 5.82 Å². The van der Waals surface area contributed by atoms with Crippen LogP contribution in [-0.2, 0) is 14.3 Å². The van der Waals surface area contributed by atoms with Crippen LogP contribution in [0.15, 0.2) is 18.2 Å². The summed E-state index contributed by atoms with van der Waals surface area (Å²) in [5, 5.41) is 0. The number of carbonyl (C=O) groups excluding carboxylic acids is 2. The van der Waals surface area contributed by atoms with E-state index in [9.17, 15) is 14.0 Å². The molecule has 6 heteroatoms. The number of ether oxygens (including phenoxy) is 2. The van der Waals surface area contributed by atoms with Crippen molar-refractivity contribution in [1.29, 1.82) is 0 Å². The molecule has 0 radical (unpaired) electrons. The number of hydrogen-bond donors (Lipinski definition) is 0. The maximum atomic E-state index is 13.1. The Bertz CT molecular complexity index is 546. The van der Waals surface area contributed by atoms with Crippen LogP contribution in [0.4, 0.5) is 4.39 Å². The molecule has 1 aromatic rings. The van der Waals surface area contributed by atoms with Gasteiger partial charge in [-0.1, -0.05) is 0 Å². The number of aryl methyl sites for hydroxylation is 1. The summed E-state index contributed by atoms with van der Waals surface area (Å²) in [6, 6.07) is 4.09. The van der Waals surface area contributed by atoms with Gasteiger partial charge in [-0.05, 0) is 30.7 Å². The molecule has 1 aromatic carbocycles. The van der Waals surface area contributed by atoms with Crippen LogP contribution in [-0.4, -0.2) is 49.7 Å². The summed E-state index contributed by atoms with van der Waals surface area (Å²) in [5.41, 5.74) is 1.06. The quantitative estimate of drug-likeness (QED) is 0.794. The molecular weight excluding hydrogens is 277 g/mol. The Balaban J connectivity index is 2.06. The highest BCUT2D eigenvalue weighted by Gasteiger charge is 2.27. The maximum Gasteiger partial charge on any atom is 0.308 e. The number of hydrogen-bond acceptors (Lipinski definition) is 4. The number of morpholine rings is 1. The number of rotatable bonds is 3. The third-order valence-electron chi connectivity index (χ3n) is 3.47. The Morgan fingerprint density at radius 1 is 1.48 bits per heavy atom. The molecule has 0 aliphatic carbocycles. The van der Waals surface area contributed by atoms with Gasteiger partial charge in [-0.25, -0.2) is 4.39 Å². The second-order valence-corrected chi connectivity index (χ2v) is 4.98. The summed E-state index contributed by atoms with van der Waals surface area (Å²) >= 11 is 0. The first-order valence-corrected chi connectivity index (χ1v) is 6.75. The lowest BCUT2D eigenvalue weighted by Gasteiger charge is -2.32. The highest BCUT2D eigenvalue weighted by Crippen LogP contribution is 2.16. The van der Waals surface area contributed by atoms with Gasteiger partial charge in [-0.3, -0.25) is 9.59 Å². The maximum absolute atomic E-state index is 13.1. The molecule has 1 atom stereocenters. The lowest BCUT2D eigenvalue weighted by molar-refractivity contribution is -0.145. The van der Waals surface area contributed by atoms with Gasteiger partial charge in [0, 0.05) is 18.7 Å². The summed E-state index contributed by atoms with van der Waals surface area (Å²) in [6.07, 6.45) is -0.251. The molecular formula is C15H18FNO4. The van der Waals surface area contributed by atoms with E-state index in [1.54, 1.807) is 11.8 Å². The average molecular weight is 295 g/mol. The van der Waals surface area contributed by atoms with E-state index < -0.39 is 0 Å². The number of esters is 1. The number of benzene rings is 1. The molecule has 0 aromatic heterocycles. The van der Waals surface area contributed by atoms with Crippen LogP contribution in [0, 0.1) is 12.7 Å². The Labute approximate surface area is 122 Å². The molecule has 0 saturated carbocycles. The molecule has 1 aliphatic rings. The lowest BCUT2D eigenvalue weighted by Crippen LogP contribution is -2.46. The van der Waals surface area contributed by atoms with Gasteiger partial charge in [-0.2, -0.15) is 0 Å². The van der Waals surface area contributed by atoms with E-state index in [4.69, 9.17) is 4.74 Å². The average Bonchev–Trinajstić information content (AvgIpc) is 2.47. The smallest absolute Gasteiger partial charge is 0.308 e. The predicted octanol–water partition coefficient (Wildman–Crippen LogP) is 1.54. The fourth-order valence-corrected chi connectivity index (χ4v) is 2.33. The van der Waals surface area contributed by atoms with E-state index in [0.717, 1.165) is 0 Å². The topological polar surface area (TPSA) is 55.8 Å². The van der Waals surface area contributed by atoms with Crippen molar-refractivity contribution in [3.8, 4) is 0 Å². The summed E-state index contributed by atoms with van der Waals surface area (Å²) in [6.45, 7) is 2.84.